The van der Waals surface area contributed by atoms with Crippen molar-refractivity contribution < 1.29 is 19.1 Å². The second kappa shape index (κ2) is 6.92. The molecular weight excluding hydrogens is 332 g/mol. The van der Waals surface area contributed by atoms with Crippen LogP contribution < -0.4 is 25.6 Å². The lowest BCUT2D eigenvalue weighted by molar-refractivity contribution is 0.0934. The minimum atomic E-state index is -0.439. The van der Waals surface area contributed by atoms with E-state index in [0.29, 0.717) is 22.6 Å². The SMILES string of the molecule is O=C(NNC(=S)NC(=O)c1cccnc1)c1ccc2c(c1)OCO2. The molecule has 3 N–H and O–H groups in total. The molecule has 1 aromatic heterocycles. The Balaban J connectivity index is 1.52. The van der Waals surface area contributed by atoms with E-state index >= 15 is 0 Å². The minimum Gasteiger partial charge on any atom is -0.454 e. The summed E-state index contributed by atoms with van der Waals surface area (Å²) in [6.45, 7) is 0.128. The molecule has 1 aromatic carbocycles. The van der Waals surface area contributed by atoms with E-state index in [2.05, 4.69) is 21.2 Å². The van der Waals surface area contributed by atoms with Crippen LogP contribution in [0.3, 0.4) is 0 Å². The van der Waals surface area contributed by atoms with Crippen molar-refractivity contribution in [2.24, 2.45) is 0 Å². The molecule has 9 heteroatoms. The van der Waals surface area contributed by atoms with Gasteiger partial charge in [-0.3, -0.25) is 30.7 Å². The Morgan fingerprint density at radius 3 is 2.67 bits per heavy atom. The maximum atomic E-state index is 12.1. The third-order valence-corrected chi connectivity index (χ3v) is 3.28. The number of carbonyl (C=O) groups is 2. The lowest BCUT2D eigenvalue weighted by atomic mass is 10.2. The van der Waals surface area contributed by atoms with Crippen LogP contribution in [-0.4, -0.2) is 28.7 Å². The van der Waals surface area contributed by atoms with Crippen LogP contribution in [0.2, 0.25) is 0 Å². The smallest absolute Gasteiger partial charge is 0.269 e. The van der Waals surface area contributed by atoms with Crippen molar-refractivity contribution >= 4 is 29.1 Å². The van der Waals surface area contributed by atoms with Crippen molar-refractivity contribution in [3.05, 3.63) is 53.9 Å². The lowest BCUT2D eigenvalue weighted by Gasteiger charge is -2.11. The summed E-state index contributed by atoms with van der Waals surface area (Å²) in [4.78, 5) is 27.8. The van der Waals surface area contributed by atoms with E-state index in [9.17, 15) is 9.59 Å². The second-order valence-electron chi connectivity index (χ2n) is 4.67. The molecule has 3 rings (SSSR count). The van der Waals surface area contributed by atoms with E-state index in [1.54, 1.807) is 36.5 Å². The van der Waals surface area contributed by atoms with Crippen molar-refractivity contribution in [3.63, 3.8) is 0 Å². The summed E-state index contributed by atoms with van der Waals surface area (Å²) in [5.74, 6) is 0.207. The Morgan fingerprint density at radius 2 is 1.88 bits per heavy atom. The molecule has 1 aliphatic rings. The predicted octanol–water partition coefficient (Wildman–Crippen LogP) is 0.760. The van der Waals surface area contributed by atoms with E-state index in [0.717, 1.165) is 0 Å². The Bertz CT molecular complexity index is 797. The van der Waals surface area contributed by atoms with Gasteiger partial charge in [-0.25, -0.2) is 0 Å². The number of benzene rings is 1. The number of nitrogens with zero attached hydrogens (tertiary/aromatic N) is 1. The summed E-state index contributed by atoms with van der Waals surface area (Å²) in [6, 6.07) is 8.00. The first kappa shape index (κ1) is 15.7. The fourth-order valence-corrected chi connectivity index (χ4v) is 2.07. The lowest BCUT2D eigenvalue weighted by Crippen LogP contribution is -2.48. The molecular formula is C15H12N4O4S. The van der Waals surface area contributed by atoms with Gasteiger partial charge in [-0.1, -0.05) is 0 Å². The molecule has 122 valence electrons. The number of carbonyl (C=O) groups excluding carboxylic acids is 2. The third kappa shape index (κ3) is 3.58. The van der Waals surface area contributed by atoms with E-state index in [1.165, 1.54) is 6.20 Å². The molecule has 0 spiro atoms. The van der Waals surface area contributed by atoms with Gasteiger partial charge in [-0.2, -0.15) is 0 Å². The molecule has 0 fully saturated rings. The van der Waals surface area contributed by atoms with Crippen molar-refractivity contribution in [2.45, 2.75) is 0 Å². The summed E-state index contributed by atoms with van der Waals surface area (Å²) in [5, 5.41) is 2.38. The summed E-state index contributed by atoms with van der Waals surface area (Å²) in [6.07, 6.45) is 2.96. The Labute approximate surface area is 142 Å². The second-order valence-corrected chi connectivity index (χ2v) is 5.08. The van der Waals surface area contributed by atoms with Gasteiger partial charge in [0.05, 0.1) is 5.56 Å². The number of hydrazine groups is 1. The molecule has 0 atom stereocenters. The largest absolute Gasteiger partial charge is 0.454 e. The molecule has 2 aromatic rings. The molecule has 1 aliphatic heterocycles. The van der Waals surface area contributed by atoms with E-state index < -0.39 is 11.8 Å². The van der Waals surface area contributed by atoms with Gasteiger partial charge in [0, 0.05) is 18.0 Å². The number of pyridine rings is 1. The highest BCUT2D eigenvalue weighted by atomic mass is 32.1. The van der Waals surface area contributed by atoms with Gasteiger partial charge in [0.15, 0.2) is 16.6 Å². The topological polar surface area (TPSA) is 102 Å². The number of rotatable bonds is 2. The van der Waals surface area contributed by atoms with Gasteiger partial charge in [-0.15, -0.1) is 0 Å². The van der Waals surface area contributed by atoms with Crippen LogP contribution in [0.15, 0.2) is 42.7 Å². The fourth-order valence-electron chi connectivity index (χ4n) is 1.93. The van der Waals surface area contributed by atoms with Gasteiger partial charge in [0.2, 0.25) is 6.79 Å². The zero-order chi connectivity index (χ0) is 16.9. The molecule has 24 heavy (non-hydrogen) atoms. The average Bonchev–Trinajstić information content (AvgIpc) is 3.08. The van der Waals surface area contributed by atoms with Crippen molar-refractivity contribution in [2.75, 3.05) is 6.79 Å². The standard InChI is InChI=1S/C15H12N4O4S/c20-13(10-2-1-5-16-7-10)17-15(24)19-18-14(21)9-3-4-11-12(6-9)23-8-22-11/h1-7H,8H2,(H,18,21)(H2,17,19,20,24). The summed E-state index contributed by atoms with van der Waals surface area (Å²) in [7, 11) is 0. The first-order valence-corrected chi connectivity index (χ1v) is 7.25. The Hall–Kier alpha value is -3.20. The van der Waals surface area contributed by atoms with E-state index in [1.807, 2.05) is 0 Å². The van der Waals surface area contributed by atoms with Crippen LogP contribution in [0.25, 0.3) is 0 Å². The quantitative estimate of drug-likeness (QED) is 0.546. The molecule has 0 unspecified atom stereocenters. The highest BCUT2D eigenvalue weighted by molar-refractivity contribution is 7.80. The fraction of sp³-hybridized carbons (Fsp3) is 0.0667. The average molecular weight is 344 g/mol. The molecule has 0 bridgehead atoms. The number of fused-ring (bicyclic) bond motifs is 1. The molecule has 0 saturated carbocycles. The first-order chi connectivity index (χ1) is 11.6. The summed E-state index contributed by atoms with van der Waals surface area (Å²) >= 11 is 4.96. The molecule has 0 aliphatic carbocycles. The Morgan fingerprint density at radius 1 is 1.04 bits per heavy atom. The van der Waals surface area contributed by atoms with Crippen LogP contribution in [0.1, 0.15) is 20.7 Å². The number of amides is 2. The monoisotopic (exact) mass is 344 g/mol. The van der Waals surface area contributed by atoms with Crippen molar-refractivity contribution in [1.29, 1.82) is 0 Å². The first-order valence-electron chi connectivity index (χ1n) is 6.85. The highest BCUT2D eigenvalue weighted by Gasteiger charge is 2.16. The third-order valence-electron chi connectivity index (χ3n) is 3.08. The van der Waals surface area contributed by atoms with Gasteiger partial charge in [0.25, 0.3) is 11.8 Å². The van der Waals surface area contributed by atoms with Crippen LogP contribution in [-0.2, 0) is 0 Å². The van der Waals surface area contributed by atoms with Crippen molar-refractivity contribution in [3.8, 4) is 11.5 Å². The number of aromatic nitrogens is 1. The molecule has 0 saturated heterocycles. The van der Waals surface area contributed by atoms with Crippen LogP contribution in [0.5, 0.6) is 11.5 Å². The number of nitrogens with one attached hydrogen (secondary N) is 3. The molecule has 8 nitrogen and oxygen atoms in total. The molecule has 2 heterocycles. The highest BCUT2D eigenvalue weighted by Crippen LogP contribution is 2.32. The predicted molar refractivity (Wildman–Crippen MR) is 87.5 cm³/mol. The van der Waals surface area contributed by atoms with Crippen LogP contribution in [0.4, 0.5) is 0 Å². The van der Waals surface area contributed by atoms with Crippen molar-refractivity contribution in [1.82, 2.24) is 21.2 Å². The molecule has 2 amide bonds. The van der Waals surface area contributed by atoms with Gasteiger partial charge in [-0.05, 0) is 42.5 Å². The number of hydrogen-bond donors (Lipinski definition) is 3. The van der Waals surface area contributed by atoms with Gasteiger partial charge < -0.3 is 9.47 Å². The van der Waals surface area contributed by atoms with E-state index in [-0.39, 0.29) is 11.9 Å². The molecule has 0 radical (unpaired) electrons. The maximum absolute atomic E-state index is 12.1. The minimum absolute atomic E-state index is 0.0436. The van der Waals surface area contributed by atoms with Gasteiger partial charge in [0.1, 0.15) is 0 Å². The van der Waals surface area contributed by atoms with Crippen LogP contribution >= 0.6 is 12.2 Å². The number of thiocarbonyl (C=S) groups is 1. The van der Waals surface area contributed by atoms with E-state index in [4.69, 9.17) is 21.7 Å². The maximum Gasteiger partial charge on any atom is 0.269 e. The number of ether oxygens (including phenoxy) is 2. The number of hydrogen-bond acceptors (Lipinski definition) is 6. The summed E-state index contributed by atoms with van der Waals surface area (Å²) < 4.78 is 10.4. The normalized spacial score (nSPS) is 11.5. The van der Waals surface area contributed by atoms with Gasteiger partial charge >= 0.3 is 0 Å². The zero-order valence-electron chi connectivity index (χ0n) is 12.2. The summed E-state index contributed by atoms with van der Waals surface area (Å²) in [5.41, 5.74) is 5.55. The Kier molecular flexibility index (Phi) is 4.52. The van der Waals surface area contributed by atoms with Crippen LogP contribution in [0, 0.1) is 0 Å². The zero-order valence-corrected chi connectivity index (χ0v) is 13.1.